The second kappa shape index (κ2) is 5.81. The maximum absolute atomic E-state index is 11.9. The van der Waals surface area contributed by atoms with Crippen LogP contribution < -0.4 is 5.32 Å². The van der Waals surface area contributed by atoms with Gasteiger partial charge in [0.2, 0.25) is 0 Å². The fraction of sp³-hybridized carbons (Fsp3) is 0.533. The number of carbonyl (C=O) groups excluding carboxylic acids is 1. The molecule has 2 heterocycles. The third-order valence-electron chi connectivity index (χ3n) is 4.10. The molecule has 0 radical (unpaired) electrons. The van der Waals surface area contributed by atoms with Gasteiger partial charge in [-0.2, -0.15) is 0 Å². The van der Waals surface area contributed by atoms with Crippen molar-refractivity contribution >= 4 is 11.6 Å². The number of aryl methyl sites for hydroxylation is 1. The molecule has 0 unspecified atom stereocenters. The molecule has 1 aliphatic rings. The normalized spacial score (nSPS) is 17.2. The lowest BCUT2D eigenvalue weighted by Gasteiger charge is -2.20. The molecule has 112 valence electrons. The van der Waals surface area contributed by atoms with E-state index in [0.717, 1.165) is 37.2 Å². The molecule has 6 nitrogen and oxygen atoms in total. The summed E-state index contributed by atoms with van der Waals surface area (Å²) in [5, 5.41) is 21.2. The van der Waals surface area contributed by atoms with Gasteiger partial charge in [-0.05, 0) is 44.2 Å². The lowest BCUT2D eigenvalue weighted by molar-refractivity contribution is -0.139. The number of aromatic nitrogens is 3. The molecule has 2 aromatic rings. The highest BCUT2D eigenvalue weighted by Gasteiger charge is 2.38. The number of hydrogen-bond acceptors (Lipinski definition) is 4. The van der Waals surface area contributed by atoms with E-state index in [9.17, 15) is 9.90 Å². The van der Waals surface area contributed by atoms with E-state index in [1.54, 1.807) is 0 Å². The third-order valence-corrected chi connectivity index (χ3v) is 4.10. The molecule has 1 aliphatic carbocycles. The van der Waals surface area contributed by atoms with Gasteiger partial charge in [-0.3, -0.25) is 9.20 Å². The van der Waals surface area contributed by atoms with E-state index in [-0.39, 0.29) is 5.91 Å². The van der Waals surface area contributed by atoms with Crippen LogP contribution in [0.3, 0.4) is 0 Å². The van der Waals surface area contributed by atoms with E-state index in [1.165, 1.54) is 0 Å². The SMILES string of the molecule is O=C(NCCCc1nnc2ccccn12)C1(O)CCCC1. The minimum absolute atomic E-state index is 0.230. The molecular weight excluding hydrogens is 268 g/mol. The Morgan fingerprint density at radius 1 is 1.33 bits per heavy atom. The predicted octanol–water partition coefficient (Wildman–Crippen LogP) is 1.08. The van der Waals surface area contributed by atoms with Crippen LogP contribution in [0.4, 0.5) is 0 Å². The van der Waals surface area contributed by atoms with Crippen LogP contribution in [0.25, 0.3) is 5.65 Å². The highest BCUT2D eigenvalue weighted by Crippen LogP contribution is 2.29. The van der Waals surface area contributed by atoms with E-state index in [1.807, 2.05) is 28.8 Å². The zero-order valence-corrected chi connectivity index (χ0v) is 12.0. The molecule has 0 spiro atoms. The van der Waals surface area contributed by atoms with Crippen LogP contribution in [-0.2, 0) is 11.2 Å². The maximum Gasteiger partial charge on any atom is 0.251 e. The van der Waals surface area contributed by atoms with Crippen molar-refractivity contribution in [2.75, 3.05) is 6.54 Å². The second-order valence-corrected chi connectivity index (χ2v) is 5.64. The summed E-state index contributed by atoms with van der Waals surface area (Å²) in [6, 6.07) is 5.78. The number of nitrogens with one attached hydrogen (secondary N) is 1. The Balaban J connectivity index is 1.49. The van der Waals surface area contributed by atoms with Crippen LogP contribution >= 0.6 is 0 Å². The number of aliphatic hydroxyl groups is 1. The number of pyridine rings is 1. The van der Waals surface area contributed by atoms with Gasteiger partial charge < -0.3 is 10.4 Å². The molecule has 1 amide bonds. The number of fused-ring (bicyclic) bond motifs is 1. The molecule has 2 aromatic heterocycles. The Morgan fingerprint density at radius 3 is 2.95 bits per heavy atom. The summed E-state index contributed by atoms with van der Waals surface area (Å²) in [7, 11) is 0. The highest BCUT2D eigenvalue weighted by molar-refractivity contribution is 5.85. The number of amides is 1. The molecule has 21 heavy (non-hydrogen) atoms. The lowest BCUT2D eigenvalue weighted by Crippen LogP contribution is -2.45. The Bertz CT molecular complexity index is 631. The molecule has 0 bridgehead atoms. The monoisotopic (exact) mass is 288 g/mol. The summed E-state index contributed by atoms with van der Waals surface area (Å²) in [6.07, 6.45) is 6.46. The predicted molar refractivity (Wildman–Crippen MR) is 77.7 cm³/mol. The van der Waals surface area contributed by atoms with Gasteiger partial charge in [-0.1, -0.05) is 6.07 Å². The molecule has 3 rings (SSSR count). The summed E-state index contributed by atoms with van der Waals surface area (Å²) in [4.78, 5) is 11.9. The van der Waals surface area contributed by atoms with E-state index in [2.05, 4.69) is 15.5 Å². The molecule has 0 aliphatic heterocycles. The molecule has 0 aromatic carbocycles. The minimum atomic E-state index is -1.14. The van der Waals surface area contributed by atoms with Gasteiger partial charge in [0, 0.05) is 19.2 Å². The van der Waals surface area contributed by atoms with Crippen molar-refractivity contribution in [3.05, 3.63) is 30.2 Å². The van der Waals surface area contributed by atoms with Crippen LogP contribution in [0.5, 0.6) is 0 Å². The van der Waals surface area contributed by atoms with Crippen molar-refractivity contribution in [2.45, 2.75) is 44.1 Å². The topological polar surface area (TPSA) is 79.5 Å². The van der Waals surface area contributed by atoms with Crippen molar-refractivity contribution in [2.24, 2.45) is 0 Å². The van der Waals surface area contributed by atoms with Crippen LogP contribution in [0.2, 0.25) is 0 Å². The van der Waals surface area contributed by atoms with E-state index < -0.39 is 5.60 Å². The van der Waals surface area contributed by atoms with Gasteiger partial charge in [-0.15, -0.1) is 10.2 Å². The first-order valence-electron chi connectivity index (χ1n) is 7.48. The van der Waals surface area contributed by atoms with Crippen molar-refractivity contribution in [1.29, 1.82) is 0 Å². The molecule has 6 heteroatoms. The average molecular weight is 288 g/mol. The average Bonchev–Trinajstić information content (AvgIpc) is 3.11. The van der Waals surface area contributed by atoms with Gasteiger partial charge in [-0.25, -0.2) is 0 Å². The standard InChI is InChI=1S/C15H20N4O2/c20-14(15(21)8-2-3-9-15)16-10-5-7-13-18-17-12-6-1-4-11-19(12)13/h1,4,6,11,21H,2-3,5,7-10H2,(H,16,20). The zero-order valence-electron chi connectivity index (χ0n) is 12.0. The quantitative estimate of drug-likeness (QED) is 0.807. The molecule has 0 atom stereocenters. The summed E-state index contributed by atoms with van der Waals surface area (Å²) < 4.78 is 1.95. The van der Waals surface area contributed by atoms with E-state index >= 15 is 0 Å². The van der Waals surface area contributed by atoms with Gasteiger partial charge in [0.25, 0.3) is 5.91 Å². The van der Waals surface area contributed by atoms with E-state index in [4.69, 9.17) is 0 Å². The van der Waals surface area contributed by atoms with Gasteiger partial charge in [0.05, 0.1) is 0 Å². The first kappa shape index (κ1) is 14.0. The first-order chi connectivity index (χ1) is 10.2. The van der Waals surface area contributed by atoms with Crippen LogP contribution in [-0.4, -0.2) is 37.8 Å². The fourth-order valence-electron chi connectivity index (χ4n) is 2.86. The lowest BCUT2D eigenvalue weighted by atomic mass is 10.0. The Kier molecular flexibility index (Phi) is 3.88. The summed E-state index contributed by atoms with van der Waals surface area (Å²) >= 11 is 0. The van der Waals surface area contributed by atoms with Crippen molar-refractivity contribution < 1.29 is 9.90 Å². The minimum Gasteiger partial charge on any atom is -0.380 e. The van der Waals surface area contributed by atoms with Crippen molar-refractivity contribution in [3.63, 3.8) is 0 Å². The molecule has 2 N–H and O–H groups in total. The van der Waals surface area contributed by atoms with Crippen molar-refractivity contribution in [1.82, 2.24) is 19.9 Å². The molecular formula is C15H20N4O2. The molecule has 1 fully saturated rings. The Labute approximate surface area is 123 Å². The summed E-state index contributed by atoms with van der Waals surface area (Å²) in [5.41, 5.74) is -0.307. The van der Waals surface area contributed by atoms with Crippen LogP contribution in [0, 0.1) is 0 Å². The summed E-state index contributed by atoms with van der Waals surface area (Å²) in [5.74, 6) is 0.658. The van der Waals surface area contributed by atoms with Crippen LogP contribution in [0.1, 0.15) is 37.9 Å². The Morgan fingerprint density at radius 2 is 2.14 bits per heavy atom. The molecule has 1 saturated carbocycles. The van der Waals surface area contributed by atoms with Gasteiger partial charge in [0.1, 0.15) is 11.4 Å². The first-order valence-corrected chi connectivity index (χ1v) is 7.48. The fourth-order valence-corrected chi connectivity index (χ4v) is 2.86. The Hall–Kier alpha value is -1.95. The number of carbonyl (C=O) groups is 1. The number of nitrogens with zero attached hydrogens (tertiary/aromatic N) is 3. The van der Waals surface area contributed by atoms with Gasteiger partial charge >= 0.3 is 0 Å². The third kappa shape index (κ3) is 2.90. The second-order valence-electron chi connectivity index (χ2n) is 5.64. The largest absolute Gasteiger partial charge is 0.380 e. The van der Waals surface area contributed by atoms with Crippen LogP contribution in [0.15, 0.2) is 24.4 Å². The van der Waals surface area contributed by atoms with Crippen molar-refractivity contribution in [3.8, 4) is 0 Å². The summed E-state index contributed by atoms with van der Waals surface area (Å²) in [6.45, 7) is 0.545. The molecule has 0 saturated heterocycles. The number of hydrogen-bond donors (Lipinski definition) is 2. The number of rotatable bonds is 5. The maximum atomic E-state index is 11.9. The van der Waals surface area contributed by atoms with Gasteiger partial charge in [0.15, 0.2) is 5.65 Å². The zero-order chi connectivity index (χ0) is 14.7. The smallest absolute Gasteiger partial charge is 0.251 e. The highest BCUT2D eigenvalue weighted by atomic mass is 16.3. The van der Waals surface area contributed by atoms with E-state index in [0.29, 0.717) is 19.4 Å².